The van der Waals surface area contributed by atoms with Crippen LogP contribution in [0, 0.1) is 5.82 Å². The molecular weight excluding hydrogens is 245 g/mol. The normalized spacial score (nSPS) is 23.5. The minimum absolute atomic E-state index is 0.132. The molecule has 0 aliphatic heterocycles. The molecule has 1 aromatic carbocycles. The number of aliphatic hydroxyl groups excluding tert-OH is 1. The highest BCUT2D eigenvalue weighted by atomic mass is 19.1. The Labute approximate surface area is 112 Å². The fourth-order valence-electron chi connectivity index (χ4n) is 2.25. The third-order valence-corrected chi connectivity index (χ3v) is 3.32. The summed E-state index contributed by atoms with van der Waals surface area (Å²) < 4.78 is 12.9. The quantitative estimate of drug-likeness (QED) is 0.822. The van der Waals surface area contributed by atoms with Crippen molar-refractivity contribution < 1.29 is 14.3 Å². The highest BCUT2D eigenvalue weighted by Crippen LogP contribution is 2.18. The number of hydrogen-bond acceptors (Lipinski definition) is 2. The average Bonchev–Trinajstić information content (AvgIpc) is 2.39. The summed E-state index contributed by atoms with van der Waals surface area (Å²) in [7, 11) is 0. The molecule has 1 saturated carbocycles. The predicted octanol–water partition coefficient (Wildman–Crippen LogP) is 2.26. The third-order valence-electron chi connectivity index (χ3n) is 3.32. The van der Waals surface area contributed by atoms with E-state index < -0.39 is 0 Å². The second-order valence-electron chi connectivity index (χ2n) is 4.90. The fraction of sp³-hybridized carbons (Fsp3) is 0.400. The number of aliphatic hydroxyl groups is 1. The Hall–Kier alpha value is -1.68. The molecule has 102 valence electrons. The van der Waals surface area contributed by atoms with Gasteiger partial charge in [-0.15, -0.1) is 0 Å². The first-order valence-electron chi connectivity index (χ1n) is 6.56. The van der Waals surface area contributed by atoms with E-state index in [9.17, 15) is 14.3 Å². The molecule has 0 atom stereocenters. The van der Waals surface area contributed by atoms with E-state index >= 15 is 0 Å². The molecule has 1 aromatic rings. The van der Waals surface area contributed by atoms with Crippen molar-refractivity contribution in [2.24, 2.45) is 0 Å². The standard InChI is InChI=1S/C15H18FNO2/c16-12-3-1-2-11(10-12)4-9-15(19)17-13-5-7-14(18)8-6-13/h1-4,9-10,13-14,18H,5-8H2,(H,17,19)/b9-4+. The molecule has 4 heteroatoms. The molecular formula is C15H18FNO2. The van der Waals surface area contributed by atoms with Gasteiger partial charge in [0.05, 0.1) is 6.10 Å². The van der Waals surface area contributed by atoms with E-state index in [1.54, 1.807) is 18.2 Å². The molecule has 1 fully saturated rings. The van der Waals surface area contributed by atoms with Crippen LogP contribution in [0.25, 0.3) is 6.08 Å². The van der Waals surface area contributed by atoms with Crippen LogP contribution in [-0.4, -0.2) is 23.2 Å². The summed E-state index contributed by atoms with van der Waals surface area (Å²) in [6.07, 6.45) is 5.87. The van der Waals surface area contributed by atoms with Crippen LogP contribution in [0.15, 0.2) is 30.3 Å². The first-order valence-corrected chi connectivity index (χ1v) is 6.56. The van der Waals surface area contributed by atoms with Gasteiger partial charge < -0.3 is 10.4 Å². The van der Waals surface area contributed by atoms with Gasteiger partial charge in [-0.2, -0.15) is 0 Å². The van der Waals surface area contributed by atoms with Gasteiger partial charge in [-0.25, -0.2) is 4.39 Å². The van der Waals surface area contributed by atoms with Crippen molar-refractivity contribution in [2.75, 3.05) is 0 Å². The molecule has 1 aliphatic rings. The van der Waals surface area contributed by atoms with Crippen LogP contribution < -0.4 is 5.32 Å². The van der Waals surface area contributed by atoms with Crippen LogP contribution in [0.2, 0.25) is 0 Å². The van der Waals surface area contributed by atoms with Gasteiger partial charge in [-0.05, 0) is 49.5 Å². The first-order chi connectivity index (χ1) is 9.13. The van der Waals surface area contributed by atoms with Crippen LogP contribution in [0.5, 0.6) is 0 Å². The second kappa shape index (κ2) is 6.48. The fourth-order valence-corrected chi connectivity index (χ4v) is 2.25. The van der Waals surface area contributed by atoms with E-state index in [0.29, 0.717) is 5.56 Å². The highest BCUT2D eigenvalue weighted by Gasteiger charge is 2.19. The molecule has 0 unspecified atom stereocenters. The number of rotatable bonds is 3. The Morgan fingerprint density at radius 2 is 2.05 bits per heavy atom. The van der Waals surface area contributed by atoms with Crippen molar-refractivity contribution in [2.45, 2.75) is 37.8 Å². The molecule has 0 radical (unpaired) electrons. The molecule has 0 bridgehead atoms. The van der Waals surface area contributed by atoms with Crippen molar-refractivity contribution in [1.82, 2.24) is 5.32 Å². The predicted molar refractivity (Wildman–Crippen MR) is 71.8 cm³/mol. The van der Waals surface area contributed by atoms with Gasteiger partial charge in [0.2, 0.25) is 5.91 Å². The zero-order valence-corrected chi connectivity index (χ0v) is 10.7. The summed E-state index contributed by atoms with van der Waals surface area (Å²) in [6.45, 7) is 0. The lowest BCUT2D eigenvalue weighted by atomic mass is 9.93. The van der Waals surface area contributed by atoms with Gasteiger partial charge in [-0.1, -0.05) is 12.1 Å². The van der Waals surface area contributed by atoms with Crippen molar-refractivity contribution >= 4 is 12.0 Å². The van der Waals surface area contributed by atoms with Gasteiger partial charge in [0, 0.05) is 12.1 Å². The monoisotopic (exact) mass is 263 g/mol. The molecule has 1 aliphatic carbocycles. The lowest BCUT2D eigenvalue weighted by Gasteiger charge is -2.25. The number of halogens is 1. The third kappa shape index (κ3) is 4.48. The van der Waals surface area contributed by atoms with Gasteiger partial charge >= 0.3 is 0 Å². The number of carbonyl (C=O) groups excluding carboxylic acids is 1. The summed E-state index contributed by atoms with van der Waals surface area (Å²) in [5.74, 6) is -0.491. The summed E-state index contributed by atoms with van der Waals surface area (Å²) in [6, 6.07) is 6.22. The molecule has 0 spiro atoms. The largest absolute Gasteiger partial charge is 0.393 e. The van der Waals surface area contributed by atoms with E-state index in [-0.39, 0.29) is 23.9 Å². The summed E-state index contributed by atoms with van der Waals surface area (Å²) >= 11 is 0. The van der Waals surface area contributed by atoms with Crippen LogP contribution in [0.3, 0.4) is 0 Å². The highest BCUT2D eigenvalue weighted by molar-refractivity contribution is 5.91. The van der Waals surface area contributed by atoms with Gasteiger partial charge in [0.15, 0.2) is 0 Å². The van der Waals surface area contributed by atoms with Crippen molar-refractivity contribution in [3.63, 3.8) is 0 Å². The van der Waals surface area contributed by atoms with E-state index in [1.807, 2.05) is 0 Å². The summed E-state index contributed by atoms with van der Waals surface area (Å²) in [5, 5.41) is 12.3. The number of benzene rings is 1. The molecule has 3 nitrogen and oxygen atoms in total. The van der Waals surface area contributed by atoms with Gasteiger partial charge in [-0.3, -0.25) is 4.79 Å². The number of nitrogens with one attached hydrogen (secondary N) is 1. The minimum atomic E-state index is -0.316. The maximum atomic E-state index is 12.9. The van der Waals surface area contributed by atoms with E-state index in [2.05, 4.69) is 5.32 Å². The van der Waals surface area contributed by atoms with Crippen molar-refractivity contribution in [3.05, 3.63) is 41.7 Å². The Bertz CT molecular complexity index is 465. The Morgan fingerprint density at radius 3 is 2.74 bits per heavy atom. The lowest BCUT2D eigenvalue weighted by Crippen LogP contribution is -2.37. The maximum Gasteiger partial charge on any atom is 0.244 e. The van der Waals surface area contributed by atoms with Crippen LogP contribution >= 0.6 is 0 Å². The summed E-state index contributed by atoms with van der Waals surface area (Å²) in [4.78, 5) is 11.7. The smallest absolute Gasteiger partial charge is 0.244 e. The molecule has 2 rings (SSSR count). The molecule has 0 heterocycles. The molecule has 1 amide bonds. The topological polar surface area (TPSA) is 49.3 Å². The van der Waals surface area contributed by atoms with Gasteiger partial charge in [0.25, 0.3) is 0 Å². The zero-order valence-electron chi connectivity index (χ0n) is 10.7. The van der Waals surface area contributed by atoms with Crippen molar-refractivity contribution in [1.29, 1.82) is 0 Å². The van der Waals surface area contributed by atoms with Gasteiger partial charge in [0.1, 0.15) is 5.82 Å². The number of hydrogen-bond donors (Lipinski definition) is 2. The number of amides is 1. The van der Waals surface area contributed by atoms with Crippen molar-refractivity contribution in [3.8, 4) is 0 Å². The maximum absolute atomic E-state index is 12.9. The Morgan fingerprint density at radius 1 is 1.32 bits per heavy atom. The molecule has 0 saturated heterocycles. The van der Waals surface area contributed by atoms with Crippen LogP contribution in [0.1, 0.15) is 31.2 Å². The Kier molecular flexibility index (Phi) is 4.68. The first kappa shape index (κ1) is 13.7. The van der Waals surface area contributed by atoms with Crippen LogP contribution in [0.4, 0.5) is 4.39 Å². The Balaban J connectivity index is 1.84. The van der Waals surface area contributed by atoms with E-state index in [0.717, 1.165) is 25.7 Å². The summed E-state index contributed by atoms with van der Waals surface area (Å²) in [5.41, 5.74) is 0.661. The van der Waals surface area contributed by atoms with E-state index in [1.165, 1.54) is 18.2 Å². The molecule has 19 heavy (non-hydrogen) atoms. The molecule has 2 N–H and O–H groups in total. The second-order valence-corrected chi connectivity index (χ2v) is 4.90. The average molecular weight is 263 g/mol. The minimum Gasteiger partial charge on any atom is -0.393 e. The molecule has 0 aromatic heterocycles. The number of carbonyl (C=O) groups is 1. The van der Waals surface area contributed by atoms with Crippen LogP contribution in [-0.2, 0) is 4.79 Å². The van der Waals surface area contributed by atoms with E-state index in [4.69, 9.17) is 0 Å². The zero-order chi connectivity index (χ0) is 13.7. The lowest BCUT2D eigenvalue weighted by molar-refractivity contribution is -0.117. The SMILES string of the molecule is O=C(/C=C/c1cccc(F)c1)NC1CCC(O)CC1.